The fraction of sp³-hybridized carbons (Fsp3) is 0.190. The summed E-state index contributed by atoms with van der Waals surface area (Å²) in [6, 6.07) is 14.1. The summed E-state index contributed by atoms with van der Waals surface area (Å²) < 4.78 is 6.79. The lowest BCUT2D eigenvalue weighted by atomic mass is 10.2. The standard InChI is InChI=1S/C21H19N5O4/c1-30-19-11-10-14(12-18(19)26(28)29)13-22-23-21(27)20-16-8-5-9-17(16)25(24-20)15-6-3-2-4-7-15/h2-4,6-7,10-13H,5,8-9H2,1H3,(H,23,27)/b22-13+. The molecule has 0 radical (unpaired) electrons. The summed E-state index contributed by atoms with van der Waals surface area (Å²) in [5, 5.41) is 19.6. The lowest BCUT2D eigenvalue weighted by molar-refractivity contribution is -0.385. The molecule has 30 heavy (non-hydrogen) atoms. The largest absolute Gasteiger partial charge is 0.490 e. The highest BCUT2D eigenvalue weighted by atomic mass is 16.6. The quantitative estimate of drug-likeness (QED) is 0.385. The first kappa shape index (κ1) is 19.3. The van der Waals surface area contributed by atoms with Gasteiger partial charge in [-0.2, -0.15) is 10.2 Å². The van der Waals surface area contributed by atoms with Crippen LogP contribution in [0.15, 0.2) is 53.6 Å². The van der Waals surface area contributed by atoms with Gasteiger partial charge in [-0.15, -0.1) is 0 Å². The van der Waals surface area contributed by atoms with Gasteiger partial charge >= 0.3 is 5.69 Å². The van der Waals surface area contributed by atoms with Crippen LogP contribution in [0.3, 0.4) is 0 Å². The molecule has 1 aromatic heterocycles. The van der Waals surface area contributed by atoms with E-state index in [1.165, 1.54) is 25.5 Å². The van der Waals surface area contributed by atoms with Gasteiger partial charge in [0.05, 0.1) is 23.9 Å². The van der Waals surface area contributed by atoms with Gasteiger partial charge in [0.1, 0.15) is 0 Å². The van der Waals surface area contributed by atoms with E-state index < -0.39 is 10.8 Å². The van der Waals surface area contributed by atoms with Gasteiger partial charge in [-0.3, -0.25) is 14.9 Å². The smallest absolute Gasteiger partial charge is 0.311 e. The Bertz CT molecular complexity index is 1140. The maximum atomic E-state index is 12.7. The number of carbonyl (C=O) groups excluding carboxylic acids is 1. The first-order chi connectivity index (χ1) is 14.6. The van der Waals surface area contributed by atoms with E-state index in [4.69, 9.17) is 4.74 Å². The number of aromatic nitrogens is 2. The molecular formula is C21H19N5O4. The zero-order valence-corrected chi connectivity index (χ0v) is 16.2. The van der Waals surface area contributed by atoms with Gasteiger partial charge in [-0.25, -0.2) is 10.1 Å². The normalized spacial score (nSPS) is 12.7. The number of hydrogen-bond acceptors (Lipinski definition) is 6. The number of methoxy groups -OCH3 is 1. The number of carbonyl (C=O) groups is 1. The van der Waals surface area contributed by atoms with Crippen LogP contribution in [-0.4, -0.2) is 33.9 Å². The third-order valence-corrected chi connectivity index (χ3v) is 4.93. The van der Waals surface area contributed by atoms with Crippen LogP contribution in [0, 0.1) is 10.1 Å². The number of benzene rings is 2. The third-order valence-electron chi connectivity index (χ3n) is 4.93. The molecule has 0 fully saturated rings. The number of hydrogen-bond donors (Lipinski definition) is 1. The van der Waals surface area contributed by atoms with Gasteiger partial charge in [0.15, 0.2) is 11.4 Å². The van der Waals surface area contributed by atoms with Gasteiger partial charge in [-0.05, 0) is 43.5 Å². The van der Waals surface area contributed by atoms with Crippen LogP contribution < -0.4 is 10.2 Å². The van der Waals surface area contributed by atoms with Crippen molar-refractivity contribution >= 4 is 17.8 Å². The van der Waals surface area contributed by atoms with E-state index in [0.717, 1.165) is 36.2 Å². The van der Waals surface area contributed by atoms with E-state index in [1.807, 2.05) is 35.0 Å². The average molecular weight is 405 g/mol. The summed E-state index contributed by atoms with van der Waals surface area (Å²) in [6.07, 6.45) is 3.97. The molecule has 1 aliphatic rings. The van der Waals surface area contributed by atoms with Crippen molar-refractivity contribution in [1.29, 1.82) is 0 Å². The molecular weight excluding hydrogens is 386 g/mol. The summed E-state index contributed by atoms with van der Waals surface area (Å²) in [6.45, 7) is 0. The van der Waals surface area contributed by atoms with Gasteiger partial charge in [0, 0.05) is 22.9 Å². The molecule has 1 aliphatic carbocycles. The van der Waals surface area contributed by atoms with E-state index in [2.05, 4.69) is 15.6 Å². The molecule has 0 unspecified atom stereocenters. The summed E-state index contributed by atoms with van der Waals surface area (Å²) >= 11 is 0. The SMILES string of the molecule is COc1ccc(/C=N/NC(=O)c2nn(-c3ccccc3)c3c2CCC3)cc1[N+](=O)[O-]. The van der Waals surface area contributed by atoms with Gasteiger partial charge in [0.25, 0.3) is 5.91 Å². The predicted molar refractivity (Wildman–Crippen MR) is 110 cm³/mol. The second kappa shape index (κ2) is 8.16. The first-order valence-corrected chi connectivity index (χ1v) is 9.40. The van der Waals surface area contributed by atoms with Gasteiger partial charge in [0.2, 0.25) is 0 Å². The Balaban J connectivity index is 1.54. The van der Waals surface area contributed by atoms with Crippen LogP contribution in [0.5, 0.6) is 5.75 Å². The minimum atomic E-state index is -0.533. The van der Waals surface area contributed by atoms with Crippen molar-refractivity contribution in [2.75, 3.05) is 7.11 Å². The molecule has 0 bridgehead atoms. The maximum absolute atomic E-state index is 12.7. The number of nitrogens with zero attached hydrogens (tertiary/aromatic N) is 4. The number of fused-ring (bicyclic) bond motifs is 1. The number of para-hydroxylation sites is 1. The molecule has 9 heteroatoms. The number of rotatable bonds is 6. The number of hydrazone groups is 1. The van der Waals surface area contributed by atoms with Crippen LogP contribution in [-0.2, 0) is 12.8 Å². The van der Waals surface area contributed by atoms with Crippen LogP contribution in [0.4, 0.5) is 5.69 Å². The number of nitrogens with one attached hydrogen (secondary N) is 1. The number of nitro groups is 1. The molecule has 4 rings (SSSR count). The molecule has 1 heterocycles. The molecule has 0 aliphatic heterocycles. The molecule has 1 amide bonds. The van der Waals surface area contributed by atoms with E-state index in [1.54, 1.807) is 6.07 Å². The summed E-state index contributed by atoms with van der Waals surface area (Å²) in [7, 11) is 1.36. The lowest BCUT2D eigenvalue weighted by Crippen LogP contribution is -2.20. The van der Waals surface area contributed by atoms with Crippen LogP contribution in [0.2, 0.25) is 0 Å². The molecule has 9 nitrogen and oxygen atoms in total. The van der Waals surface area contributed by atoms with Crippen LogP contribution >= 0.6 is 0 Å². The van der Waals surface area contributed by atoms with E-state index >= 15 is 0 Å². The van der Waals surface area contributed by atoms with E-state index in [9.17, 15) is 14.9 Å². The topological polar surface area (TPSA) is 112 Å². The Labute approximate surface area is 172 Å². The second-order valence-corrected chi connectivity index (χ2v) is 6.76. The van der Waals surface area contributed by atoms with Gasteiger partial charge in [-0.1, -0.05) is 18.2 Å². The van der Waals surface area contributed by atoms with Crippen molar-refractivity contribution in [2.45, 2.75) is 19.3 Å². The highest BCUT2D eigenvalue weighted by molar-refractivity contribution is 5.95. The minimum absolute atomic E-state index is 0.156. The molecule has 0 saturated heterocycles. The number of nitro benzene ring substituents is 1. The maximum Gasteiger partial charge on any atom is 0.311 e. The Morgan fingerprint density at radius 1 is 1.27 bits per heavy atom. The fourth-order valence-corrected chi connectivity index (χ4v) is 3.55. The fourth-order valence-electron chi connectivity index (χ4n) is 3.55. The zero-order valence-electron chi connectivity index (χ0n) is 16.2. The van der Waals surface area contributed by atoms with Gasteiger partial charge < -0.3 is 4.74 Å². The summed E-state index contributed by atoms with van der Waals surface area (Å²) in [5.41, 5.74) is 6.00. The molecule has 1 N–H and O–H groups in total. The van der Waals surface area contributed by atoms with Crippen LogP contribution in [0.25, 0.3) is 5.69 Å². The van der Waals surface area contributed by atoms with E-state index in [-0.39, 0.29) is 11.4 Å². The van der Waals surface area contributed by atoms with Crippen molar-refractivity contribution < 1.29 is 14.5 Å². The Hall–Kier alpha value is -4.01. The average Bonchev–Trinajstić information content (AvgIpc) is 3.37. The summed E-state index contributed by atoms with van der Waals surface area (Å²) in [5.74, 6) is -0.259. The van der Waals surface area contributed by atoms with E-state index in [0.29, 0.717) is 11.3 Å². The first-order valence-electron chi connectivity index (χ1n) is 9.40. The molecule has 0 spiro atoms. The van der Waals surface area contributed by atoms with Crippen molar-refractivity contribution in [3.63, 3.8) is 0 Å². The predicted octanol–water partition coefficient (Wildman–Crippen LogP) is 3.04. The molecule has 0 saturated carbocycles. The van der Waals surface area contributed by atoms with Crippen molar-refractivity contribution in [3.8, 4) is 11.4 Å². The zero-order chi connectivity index (χ0) is 21.1. The highest BCUT2D eigenvalue weighted by Crippen LogP contribution is 2.28. The number of amides is 1. The van der Waals surface area contributed by atoms with Crippen molar-refractivity contribution in [3.05, 3.63) is 81.2 Å². The Kier molecular flexibility index (Phi) is 5.25. The van der Waals surface area contributed by atoms with Crippen LogP contribution in [0.1, 0.15) is 33.7 Å². The molecule has 3 aromatic rings. The Morgan fingerprint density at radius 2 is 2.07 bits per heavy atom. The minimum Gasteiger partial charge on any atom is -0.490 e. The molecule has 152 valence electrons. The number of ether oxygens (including phenoxy) is 1. The van der Waals surface area contributed by atoms with Crippen molar-refractivity contribution in [2.24, 2.45) is 5.10 Å². The molecule has 2 aromatic carbocycles. The highest BCUT2D eigenvalue weighted by Gasteiger charge is 2.26. The summed E-state index contributed by atoms with van der Waals surface area (Å²) in [4.78, 5) is 23.3. The third kappa shape index (κ3) is 3.64. The lowest BCUT2D eigenvalue weighted by Gasteiger charge is -2.04. The monoisotopic (exact) mass is 405 g/mol. The van der Waals surface area contributed by atoms with Crippen molar-refractivity contribution in [1.82, 2.24) is 15.2 Å². The Morgan fingerprint density at radius 3 is 2.80 bits per heavy atom. The second-order valence-electron chi connectivity index (χ2n) is 6.76. The molecule has 0 atom stereocenters.